The summed E-state index contributed by atoms with van der Waals surface area (Å²) in [5.41, 5.74) is 6.37. The largest absolute Gasteiger partial charge is 0.480 e. The molecule has 1 atom stereocenters. The summed E-state index contributed by atoms with van der Waals surface area (Å²) in [6, 6.07) is 4.79. The number of hydrogen-bond donors (Lipinski definition) is 2. The van der Waals surface area contributed by atoms with E-state index in [1.54, 1.807) is 19.9 Å². The SMILES string of the molecule is COc1nc2nc(C)nc(N[C@H](C)c3cc(N)cc(C(F)(F)F)c3)c2cc1C#CC1CC1. The summed E-state index contributed by atoms with van der Waals surface area (Å²) in [4.78, 5) is 13.3. The molecule has 4 rings (SSSR count). The average Bonchev–Trinajstić information content (AvgIpc) is 3.55. The Morgan fingerprint density at radius 1 is 1.16 bits per heavy atom. The molecular weight excluding hydrogens is 419 g/mol. The van der Waals surface area contributed by atoms with E-state index in [-0.39, 0.29) is 5.69 Å². The van der Waals surface area contributed by atoms with Gasteiger partial charge in [0.05, 0.1) is 29.7 Å². The average molecular weight is 441 g/mol. The first-order valence-corrected chi connectivity index (χ1v) is 10.1. The summed E-state index contributed by atoms with van der Waals surface area (Å²) in [5.74, 6) is 7.97. The molecule has 0 spiro atoms. The van der Waals surface area contributed by atoms with Gasteiger partial charge in [0, 0.05) is 11.6 Å². The molecule has 0 saturated heterocycles. The van der Waals surface area contributed by atoms with Crippen molar-refractivity contribution >= 4 is 22.5 Å². The second-order valence-electron chi connectivity index (χ2n) is 7.83. The lowest BCUT2D eigenvalue weighted by molar-refractivity contribution is -0.137. The summed E-state index contributed by atoms with van der Waals surface area (Å²) < 4.78 is 45.0. The fourth-order valence-corrected chi connectivity index (χ4v) is 3.29. The van der Waals surface area contributed by atoms with Gasteiger partial charge < -0.3 is 15.8 Å². The van der Waals surface area contributed by atoms with Gasteiger partial charge in [-0.3, -0.25) is 0 Å². The Labute approximate surface area is 183 Å². The normalized spacial score (nSPS) is 14.6. The van der Waals surface area contributed by atoms with Crippen molar-refractivity contribution in [2.24, 2.45) is 5.92 Å². The standard InChI is InChI=1S/C23H22F3N5O/c1-12(16-8-17(23(24,25)26)11-18(27)9-16)28-20-19-10-15(7-6-14-4-5-14)22(32-3)31-21(19)30-13(2)29-20/h8-12,14H,4-5,27H2,1-3H3,(H,28,29,30,31)/t12-/m1/s1. The van der Waals surface area contributed by atoms with E-state index < -0.39 is 17.8 Å². The van der Waals surface area contributed by atoms with Crippen LogP contribution in [0.5, 0.6) is 5.88 Å². The number of rotatable bonds is 4. The molecule has 3 aromatic rings. The molecule has 2 aromatic heterocycles. The molecule has 1 aliphatic rings. The molecule has 1 saturated carbocycles. The number of nitrogens with two attached hydrogens (primary N) is 1. The van der Waals surface area contributed by atoms with Crippen LogP contribution in [-0.2, 0) is 6.18 Å². The zero-order valence-corrected chi connectivity index (χ0v) is 17.8. The number of pyridine rings is 1. The van der Waals surface area contributed by atoms with Crippen molar-refractivity contribution in [3.05, 3.63) is 46.8 Å². The molecule has 166 valence electrons. The first kappa shape index (κ1) is 21.7. The highest BCUT2D eigenvalue weighted by Gasteiger charge is 2.31. The molecule has 3 N–H and O–H groups in total. The van der Waals surface area contributed by atoms with Crippen LogP contribution in [0.4, 0.5) is 24.7 Å². The Balaban J connectivity index is 1.75. The maximum absolute atomic E-state index is 13.2. The molecule has 1 fully saturated rings. The number of aromatic nitrogens is 3. The van der Waals surface area contributed by atoms with Crippen LogP contribution in [0.15, 0.2) is 24.3 Å². The van der Waals surface area contributed by atoms with Crippen LogP contribution in [0, 0.1) is 24.7 Å². The Morgan fingerprint density at radius 3 is 2.56 bits per heavy atom. The summed E-state index contributed by atoms with van der Waals surface area (Å²) in [5, 5.41) is 3.79. The highest BCUT2D eigenvalue weighted by atomic mass is 19.4. The lowest BCUT2D eigenvalue weighted by Gasteiger charge is -2.19. The summed E-state index contributed by atoms with van der Waals surface area (Å²) in [7, 11) is 1.52. The third-order valence-corrected chi connectivity index (χ3v) is 5.10. The summed E-state index contributed by atoms with van der Waals surface area (Å²) in [6.07, 6.45) is -2.32. The van der Waals surface area contributed by atoms with Crippen molar-refractivity contribution < 1.29 is 17.9 Å². The molecule has 9 heteroatoms. The number of ether oxygens (including phenoxy) is 1. The second-order valence-corrected chi connectivity index (χ2v) is 7.83. The van der Waals surface area contributed by atoms with Gasteiger partial charge >= 0.3 is 6.18 Å². The lowest BCUT2D eigenvalue weighted by Crippen LogP contribution is -2.13. The van der Waals surface area contributed by atoms with Crippen molar-refractivity contribution in [3.8, 4) is 17.7 Å². The van der Waals surface area contributed by atoms with Gasteiger partial charge in [0.1, 0.15) is 11.6 Å². The van der Waals surface area contributed by atoms with Gasteiger partial charge in [-0.2, -0.15) is 18.2 Å². The van der Waals surface area contributed by atoms with E-state index in [9.17, 15) is 13.2 Å². The number of benzene rings is 1. The Kier molecular flexibility index (Phi) is 5.55. The molecule has 1 aromatic carbocycles. The van der Waals surface area contributed by atoms with Gasteiger partial charge in [0.15, 0.2) is 5.65 Å². The number of nitrogens with one attached hydrogen (secondary N) is 1. The van der Waals surface area contributed by atoms with Crippen LogP contribution < -0.4 is 15.8 Å². The van der Waals surface area contributed by atoms with Gasteiger partial charge in [-0.05, 0) is 56.5 Å². The van der Waals surface area contributed by atoms with Crippen LogP contribution in [0.3, 0.4) is 0 Å². The highest BCUT2D eigenvalue weighted by molar-refractivity contribution is 5.88. The zero-order valence-electron chi connectivity index (χ0n) is 17.8. The number of hydrogen-bond acceptors (Lipinski definition) is 6. The third kappa shape index (κ3) is 4.69. The monoisotopic (exact) mass is 441 g/mol. The molecule has 0 aliphatic heterocycles. The van der Waals surface area contributed by atoms with Gasteiger partial charge in [-0.25, -0.2) is 9.97 Å². The number of alkyl halides is 3. The number of nitrogen functional groups attached to an aromatic ring is 1. The third-order valence-electron chi connectivity index (χ3n) is 5.10. The number of halogens is 3. The smallest absolute Gasteiger partial charge is 0.416 e. The first-order chi connectivity index (χ1) is 15.1. The fraction of sp³-hybridized carbons (Fsp3) is 0.348. The molecule has 0 radical (unpaired) electrons. The summed E-state index contributed by atoms with van der Waals surface area (Å²) in [6.45, 7) is 3.45. The van der Waals surface area contributed by atoms with E-state index in [0.717, 1.165) is 25.0 Å². The Bertz CT molecular complexity index is 1240. The Hall–Kier alpha value is -3.54. The van der Waals surface area contributed by atoms with Crippen molar-refractivity contribution in [2.75, 3.05) is 18.2 Å². The molecule has 32 heavy (non-hydrogen) atoms. The highest BCUT2D eigenvalue weighted by Crippen LogP contribution is 2.34. The van der Waals surface area contributed by atoms with Crippen molar-refractivity contribution in [2.45, 2.75) is 38.9 Å². The van der Waals surface area contributed by atoms with E-state index in [1.165, 1.54) is 13.2 Å². The zero-order chi connectivity index (χ0) is 23.0. The van der Waals surface area contributed by atoms with Crippen LogP contribution in [0.2, 0.25) is 0 Å². The minimum absolute atomic E-state index is 0.0382. The molecule has 0 bridgehead atoms. The van der Waals surface area contributed by atoms with Crippen molar-refractivity contribution in [3.63, 3.8) is 0 Å². The molecule has 0 amide bonds. The predicted octanol–water partition coefficient (Wildman–Crippen LogP) is 4.88. The Morgan fingerprint density at radius 2 is 1.91 bits per heavy atom. The minimum Gasteiger partial charge on any atom is -0.480 e. The number of nitrogens with zero attached hydrogens (tertiary/aromatic N) is 3. The van der Waals surface area contributed by atoms with E-state index in [4.69, 9.17) is 10.5 Å². The second kappa shape index (κ2) is 8.19. The maximum Gasteiger partial charge on any atom is 0.416 e. The van der Waals surface area contributed by atoms with E-state index in [1.807, 2.05) is 0 Å². The number of fused-ring (bicyclic) bond motifs is 1. The van der Waals surface area contributed by atoms with Gasteiger partial charge in [0.2, 0.25) is 5.88 Å². The predicted molar refractivity (Wildman–Crippen MR) is 116 cm³/mol. The van der Waals surface area contributed by atoms with Crippen LogP contribution in [-0.4, -0.2) is 22.1 Å². The summed E-state index contributed by atoms with van der Waals surface area (Å²) >= 11 is 0. The molecule has 0 unspecified atom stereocenters. The van der Waals surface area contributed by atoms with Gasteiger partial charge in [-0.1, -0.05) is 11.8 Å². The number of anilines is 2. The first-order valence-electron chi connectivity index (χ1n) is 10.1. The maximum atomic E-state index is 13.2. The van der Waals surface area contributed by atoms with Crippen LogP contribution in [0.1, 0.15) is 48.3 Å². The quantitative estimate of drug-likeness (QED) is 0.444. The molecule has 1 aliphatic carbocycles. The van der Waals surface area contributed by atoms with Gasteiger partial charge in [-0.15, -0.1) is 0 Å². The molecule has 6 nitrogen and oxygen atoms in total. The lowest BCUT2D eigenvalue weighted by atomic mass is 10.0. The fourth-order valence-electron chi connectivity index (χ4n) is 3.29. The van der Waals surface area contributed by atoms with E-state index in [2.05, 4.69) is 32.1 Å². The van der Waals surface area contributed by atoms with E-state index >= 15 is 0 Å². The number of aryl methyl sites for hydroxylation is 1. The van der Waals surface area contributed by atoms with E-state index in [0.29, 0.717) is 45.6 Å². The van der Waals surface area contributed by atoms with Crippen molar-refractivity contribution in [1.29, 1.82) is 0 Å². The van der Waals surface area contributed by atoms with Crippen LogP contribution in [0.25, 0.3) is 11.0 Å². The topological polar surface area (TPSA) is 86.0 Å². The van der Waals surface area contributed by atoms with Crippen molar-refractivity contribution in [1.82, 2.24) is 15.0 Å². The van der Waals surface area contributed by atoms with Crippen LogP contribution >= 0.6 is 0 Å². The van der Waals surface area contributed by atoms with Gasteiger partial charge in [0.25, 0.3) is 0 Å². The molecular formula is C23H22F3N5O. The molecule has 2 heterocycles. The minimum atomic E-state index is -4.49. The number of methoxy groups -OCH3 is 1.